The summed E-state index contributed by atoms with van der Waals surface area (Å²) in [6.07, 6.45) is 2.37. The van der Waals surface area contributed by atoms with Gasteiger partial charge in [0.2, 0.25) is 5.91 Å². The van der Waals surface area contributed by atoms with Gasteiger partial charge in [0.15, 0.2) is 0 Å². The zero-order chi connectivity index (χ0) is 20.4. The fourth-order valence-corrected chi connectivity index (χ4v) is 4.51. The Morgan fingerprint density at radius 2 is 1.93 bits per heavy atom. The Morgan fingerprint density at radius 1 is 1.17 bits per heavy atom. The zero-order valence-corrected chi connectivity index (χ0v) is 17.2. The highest BCUT2D eigenvalue weighted by Gasteiger charge is 2.36. The van der Waals surface area contributed by atoms with E-state index in [4.69, 9.17) is 4.74 Å². The number of nitrogens with one attached hydrogen (secondary N) is 1. The van der Waals surface area contributed by atoms with Crippen molar-refractivity contribution in [2.45, 2.75) is 38.3 Å². The second-order valence-corrected chi connectivity index (χ2v) is 8.05. The van der Waals surface area contributed by atoms with Crippen LogP contribution in [0.3, 0.4) is 0 Å². The van der Waals surface area contributed by atoms with Crippen LogP contribution in [0.5, 0.6) is 5.75 Å². The van der Waals surface area contributed by atoms with Crippen molar-refractivity contribution in [3.63, 3.8) is 0 Å². The largest absolute Gasteiger partial charge is 0.493 e. The van der Waals surface area contributed by atoms with Crippen LogP contribution >= 0.6 is 0 Å². The molecule has 1 atom stereocenters. The molecule has 29 heavy (non-hydrogen) atoms. The van der Waals surface area contributed by atoms with Gasteiger partial charge in [-0.1, -0.05) is 30.3 Å². The van der Waals surface area contributed by atoms with Gasteiger partial charge in [-0.3, -0.25) is 9.59 Å². The molecule has 2 aromatic rings. The fraction of sp³-hybridized carbons (Fsp3) is 0.478. The molecule has 2 amide bonds. The van der Waals surface area contributed by atoms with E-state index in [1.165, 1.54) is 0 Å². The Morgan fingerprint density at radius 3 is 2.69 bits per heavy atom. The number of likely N-dealkylation sites (tertiary alicyclic amines) is 2. The van der Waals surface area contributed by atoms with Crippen LogP contribution in [0.15, 0.2) is 36.4 Å². The third-order valence-electron chi connectivity index (χ3n) is 6.04. The van der Waals surface area contributed by atoms with Gasteiger partial charge in [0.1, 0.15) is 5.75 Å². The van der Waals surface area contributed by atoms with Gasteiger partial charge < -0.3 is 19.9 Å². The quantitative estimate of drug-likeness (QED) is 0.846. The topological polar surface area (TPSA) is 61.9 Å². The van der Waals surface area contributed by atoms with Gasteiger partial charge in [0.25, 0.3) is 5.91 Å². The average molecular weight is 396 g/mol. The highest BCUT2D eigenvalue weighted by molar-refractivity contribution is 6.09. The molecule has 2 aromatic carbocycles. The molecule has 2 heterocycles. The van der Waals surface area contributed by atoms with E-state index >= 15 is 0 Å². The molecule has 0 aromatic heterocycles. The minimum atomic E-state index is -0.173. The van der Waals surface area contributed by atoms with Crippen molar-refractivity contribution in [1.82, 2.24) is 15.1 Å². The lowest BCUT2D eigenvalue weighted by Crippen LogP contribution is -2.45. The van der Waals surface area contributed by atoms with Crippen molar-refractivity contribution >= 4 is 22.6 Å². The van der Waals surface area contributed by atoms with Crippen LogP contribution in [0, 0.1) is 0 Å². The van der Waals surface area contributed by atoms with Gasteiger partial charge in [0.05, 0.1) is 18.2 Å². The van der Waals surface area contributed by atoms with Crippen molar-refractivity contribution < 1.29 is 14.3 Å². The number of hydrogen-bond acceptors (Lipinski definition) is 4. The highest BCUT2D eigenvalue weighted by Crippen LogP contribution is 2.29. The number of carbonyl (C=O) groups is 2. The number of amides is 2. The highest BCUT2D eigenvalue weighted by atomic mass is 16.5. The van der Waals surface area contributed by atoms with E-state index in [1.54, 1.807) is 0 Å². The van der Waals surface area contributed by atoms with Gasteiger partial charge >= 0.3 is 0 Å². The van der Waals surface area contributed by atoms with E-state index in [1.807, 2.05) is 48.2 Å². The van der Waals surface area contributed by atoms with Crippen molar-refractivity contribution in [1.29, 1.82) is 0 Å². The molecule has 6 heteroatoms. The van der Waals surface area contributed by atoms with E-state index < -0.39 is 0 Å². The first-order valence-corrected chi connectivity index (χ1v) is 10.5. The van der Waals surface area contributed by atoms with Crippen molar-refractivity contribution in [3.05, 3.63) is 42.0 Å². The summed E-state index contributed by atoms with van der Waals surface area (Å²) in [5.74, 6) is 0.557. The SMILES string of the molecule is CCOc1ccc2ccccc2c1C(=O)NC1CC(=O)N(C2CCN(C)CC2)C1. The maximum Gasteiger partial charge on any atom is 0.255 e. The summed E-state index contributed by atoms with van der Waals surface area (Å²) in [7, 11) is 2.12. The lowest BCUT2D eigenvalue weighted by molar-refractivity contribution is -0.130. The Bertz CT molecular complexity index is 905. The van der Waals surface area contributed by atoms with E-state index in [-0.39, 0.29) is 23.9 Å². The zero-order valence-electron chi connectivity index (χ0n) is 17.2. The van der Waals surface area contributed by atoms with E-state index in [0.29, 0.717) is 30.9 Å². The Kier molecular flexibility index (Phi) is 5.72. The average Bonchev–Trinajstić information content (AvgIpc) is 3.08. The molecule has 2 aliphatic rings. The number of piperidine rings is 1. The molecule has 0 aliphatic carbocycles. The molecular weight excluding hydrogens is 366 g/mol. The summed E-state index contributed by atoms with van der Waals surface area (Å²) in [6, 6.07) is 11.8. The maximum absolute atomic E-state index is 13.2. The molecule has 2 saturated heterocycles. The van der Waals surface area contributed by atoms with Crippen molar-refractivity contribution in [2.24, 2.45) is 0 Å². The fourth-order valence-electron chi connectivity index (χ4n) is 4.51. The molecule has 0 spiro atoms. The Hall–Kier alpha value is -2.60. The van der Waals surface area contributed by atoms with E-state index in [2.05, 4.69) is 17.3 Å². The summed E-state index contributed by atoms with van der Waals surface area (Å²) in [4.78, 5) is 30.1. The predicted octanol–water partition coefficient (Wildman–Crippen LogP) is 2.66. The lowest BCUT2D eigenvalue weighted by Gasteiger charge is -2.35. The number of nitrogens with zero attached hydrogens (tertiary/aromatic N) is 2. The summed E-state index contributed by atoms with van der Waals surface area (Å²) < 4.78 is 5.74. The normalized spacial score (nSPS) is 21.0. The molecular formula is C23H29N3O3. The number of rotatable bonds is 5. The minimum Gasteiger partial charge on any atom is -0.493 e. The second kappa shape index (κ2) is 8.41. The Labute approximate surface area is 171 Å². The first kappa shape index (κ1) is 19.7. The summed E-state index contributed by atoms with van der Waals surface area (Å²) in [5, 5.41) is 4.97. The number of benzene rings is 2. The summed E-state index contributed by atoms with van der Waals surface area (Å²) in [6.45, 7) is 5.02. The lowest BCUT2D eigenvalue weighted by atomic mass is 10.0. The molecule has 2 aliphatic heterocycles. The molecule has 4 rings (SSSR count). The second-order valence-electron chi connectivity index (χ2n) is 8.05. The first-order chi connectivity index (χ1) is 14.1. The molecule has 2 fully saturated rings. The van der Waals surface area contributed by atoms with Crippen molar-refractivity contribution in [3.8, 4) is 5.75 Å². The standard InChI is InChI=1S/C23H29N3O3/c1-3-29-20-9-8-16-6-4-5-7-19(16)22(20)23(28)24-17-14-21(27)26(15-17)18-10-12-25(2)13-11-18/h4-9,17-18H,3,10-15H2,1-2H3,(H,24,28). The van der Waals surface area contributed by atoms with Crippen LogP contribution < -0.4 is 10.1 Å². The smallest absolute Gasteiger partial charge is 0.255 e. The van der Waals surface area contributed by atoms with E-state index in [9.17, 15) is 9.59 Å². The predicted molar refractivity (Wildman–Crippen MR) is 113 cm³/mol. The monoisotopic (exact) mass is 395 g/mol. The van der Waals surface area contributed by atoms with Gasteiger partial charge in [-0.15, -0.1) is 0 Å². The molecule has 1 unspecified atom stereocenters. The number of ether oxygens (including phenoxy) is 1. The van der Waals surface area contributed by atoms with Crippen LogP contribution in [0.2, 0.25) is 0 Å². The molecule has 6 nitrogen and oxygen atoms in total. The molecule has 154 valence electrons. The molecule has 0 saturated carbocycles. The van der Waals surface area contributed by atoms with Crippen LogP contribution in [0.4, 0.5) is 0 Å². The Balaban J connectivity index is 1.51. The number of carbonyl (C=O) groups excluding carboxylic acids is 2. The van der Waals surface area contributed by atoms with Crippen LogP contribution in [-0.4, -0.2) is 67.0 Å². The number of hydrogen-bond donors (Lipinski definition) is 1. The first-order valence-electron chi connectivity index (χ1n) is 10.5. The molecule has 1 N–H and O–H groups in total. The minimum absolute atomic E-state index is 0.146. The van der Waals surface area contributed by atoms with Crippen LogP contribution in [-0.2, 0) is 4.79 Å². The van der Waals surface area contributed by atoms with Gasteiger partial charge in [-0.05, 0) is 56.7 Å². The van der Waals surface area contributed by atoms with Gasteiger partial charge in [0, 0.05) is 19.0 Å². The third kappa shape index (κ3) is 4.08. The summed E-state index contributed by atoms with van der Waals surface area (Å²) in [5.41, 5.74) is 0.551. The van der Waals surface area contributed by atoms with Crippen molar-refractivity contribution in [2.75, 3.05) is 33.3 Å². The number of fused-ring (bicyclic) bond motifs is 1. The summed E-state index contributed by atoms with van der Waals surface area (Å²) >= 11 is 0. The van der Waals surface area contributed by atoms with Crippen LogP contribution in [0.25, 0.3) is 10.8 Å². The molecule has 0 radical (unpaired) electrons. The molecule has 0 bridgehead atoms. The third-order valence-corrected chi connectivity index (χ3v) is 6.04. The maximum atomic E-state index is 13.2. The van der Waals surface area contributed by atoms with Gasteiger partial charge in [-0.25, -0.2) is 0 Å². The van der Waals surface area contributed by atoms with Crippen LogP contribution in [0.1, 0.15) is 36.5 Å². The van der Waals surface area contributed by atoms with Gasteiger partial charge in [-0.2, -0.15) is 0 Å². The van der Waals surface area contributed by atoms with E-state index in [0.717, 1.165) is 36.7 Å².